The molecule has 0 bridgehead atoms. The highest BCUT2D eigenvalue weighted by molar-refractivity contribution is 5.94. The number of rotatable bonds is 6. The number of benzene rings is 2. The van der Waals surface area contributed by atoms with Crippen LogP contribution in [-0.2, 0) is 0 Å². The maximum absolute atomic E-state index is 12.6. The van der Waals surface area contributed by atoms with Crippen molar-refractivity contribution >= 4 is 17.8 Å². The number of hydrogen-bond donors (Lipinski definition) is 2. The molecule has 0 radical (unpaired) electrons. The second kappa shape index (κ2) is 9.25. The number of ether oxygens (including phenoxy) is 1. The summed E-state index contributed by atoms with van der Waals surface area (Å²) in [6.07, 6.45) is 5.15. The molecule has 2 amide bonds. The third-order valence-corrected chi connectivity index (χ3v) is 5.16. The van der Waals surface area contributed by atoms with Crippen LogP contribution in [0.25, 0.3) is 0 Å². The summed E-state index contributed by atoms with van der Waals surface area (Å²) >= 11 is 0. The van der Waals surface area contributed by atoms with Crippen LogP contribution in [0.15, 0.2) is 67.0 Å². The lowest BCUT2D eigenvalue weighted by Crippen LogP contribution is -2.45. The molecule has 0 atom stereocenters. The summed E-state index contributed by atoms with van der Waals surface area (Å²) in [5.41, 5.74) is 6.23. The Morgan fingerprint density at radius 3 is 2.00 bits per heavy atom. The lowest BCUT2D eigenvalue weighted by Gasteiger charge is -2.32. The van der Waals surface area contributed by atoms with E-state index in [-0.39, 0.29) is 11.9 Å². The van der Waals surface area contributed by atoms with Gasteiger partial charge in [-0.05, 0) is 67.4 Å². The molecular formula is C23H23N5O3. The molecule has 3 N–H and O–H groups in total. The molecule has 0 aliphatic carbocycles. The number of amides is 2. The molecule has 2 heterocycles. The number of anilines is 1. The fraction of sp³-hybridized carbons (Fsp3) is 0.217. The molecule has 0 saturated carbocycles. The summed E-state index contributed by atoms with van der Waals surface area (Å²) in [6, 6.07) is 15.4. The van der Waals surface area contributed by atoms with Gasteiger partial charge in [0, 0.05) is 42.7 Å². The van der Waals surface area contributed by atoms with E-state index in [0.29, 0.717) is 22.6 Å². The Kier molecular flexibility index (Phi) is 6.07. The largest absolute Gasteiger partial charge is 0.457 e. The van der Waals surface area contributed by atoms with E-state index in [1.165, 1.54) is 0 Å². The van der Waals surface area contributed by atoms with Crippen molar-refractivity contribution in [1.82, 2.24) is 15.3 Å². The average molecular weight is 417 g/mol. The minimum Gasteiger partial charge on any atom is -0.457 e. The van der Waals surface area contributed by atoms with Crippen LogP contribution in [0.5, 0.6) is 11.5 Å². The molecule has 1 fully saturated rings. The van der Waals surface area contributed by atoms with Gasteiger partial charge in [-0.25, -0.2) is 9.97 Å². The average Bonchev–Trinajstić information content (AvgIpc) is 2.81. The quantitative estimate of drug-likeness (QED) is 0.638. The van der Waals surface area contributed by atoms with Gasteiger partial charge in [0.1, 0.15) is 11.5 Å². The van der Waals surface area contributed by atoms with Gasteiger partial charge in [-0.1, -0.05) is 0 Å². The molecule has 1 aliphatic heterocycles. The van der Waals surface area contributed by atoms with Crippen molar-refractivity contribution in [3.8, 4) is 11.5 Å². The molecule has 31 heavy (non-hydrogen) atoms. The summed E-state index contributed by atoms with van der Waals surface area (Å²) in [5, 5.41) is 3.10. The van der Waals surface area contributed by atoms with Gasteiger partial charge < -0.3 is 20.7 Å². The van der Waals surface area contributed by atoms with Gasteiger partial charge in [-0.3, -0.25) is 9.59 Å². The van der Waals surface area contributed by atoms with Crippen molar-refractivity contribution < 1.29 is 14.3 Å². The Morgan fingerprint density at radius 2 is 1.45 bits per heavy atom. The van der Waals surface area contributed by atoms with Crippen molar-refractivity contribution in [2.45, 2.75) is 18.9 Å². The molecule has 4 rings (SSSR count). The summed E-state index contributed by atoms with van der Waals surface area (Å²) in [4.78, 5) is 34.4. The number of carbonyl (C=O) groups excluding carboxylic acids is 2. The van der Waals surface area contributed by atoms with Crippen molar-refractivity contribution in [2.75, 3.05) is 18.0 Å². The summed E-state index contributed by atoms with van der Waals surface area (Å²) < 4.78 is 5.75. The molecule has 0 unspecified atom stereocenters. The zero-order valence-corrected chi connectivity index (χ0v) is 16.9. The number of nitrogens with one attached hydrogen (secondary N) is 1. The van der Waals surface area contributed by atoms with Gasteiger partial charge in [0.25, 0.3) is 5.91 Å². The van der Waals surface area contributed by atoms with Gasteiger partial charge in [-0.15, -0.1) is 0 Å². The lowest BCUT2D eigenvalue weighted by molar-refractivity contribution is 0.0930. The number of primary amides is 1. The van der Waals surface area contributed by atoms with Gasteiger partial charge >= 0.3 is 0 Å². The molecule has 2 aromatic carbocycles. The van der Waals surface area contributed by atoms with E-state index in [4.69, 9.17) is 10.5 Å². The molecule has 1 aliphatic rings. The van der Waals surface area contributed by atoms with Crippen molar-refractivity contribution in [3.63, 3.8) is 0 Å². The molecule has 0 spiro atoms. The summed E-state index contributed by atoms with van der Waals surface area (Å²) in [7, 11) is 0. The highest BCUT2D eigenvalue weighted by Crippen LogP contribution is 2.22. The van der Waals surface area contributed by atoms with Crippen molar-refractivity contribution in [3.05, 3.63) is 78.1 Å². The number of piperidine rings is 1. The predicted molar refractivity (Wildman–Crippen MR) is 116 cm³/mol. The van der Waals surface area contributed by atoms with Gasteiger partial charge in [0.2, 0.25) is 11.9 Å². The van der Waals surface area contributed by atoms with Crippen LogP contribution in [0.3, 0.4) is 0 Å². The first-order chi connectivity index (χ1) is 15.1. The van der Waals surface area contributed by atoms with Gasteiger partial charge in [0.05, 0.1) is 0 Å². The molecule has 8 heteroatoms. The van der Waals surface area contributed by atoms with Crippen LogP contribution in [-0.4, -0.2) is 40.9 Å². The standard InChI is InChI=1S/C23H23N5O3/c24-21(29)16-2-6-19(7-3-16)31-20-8-4-17(5-9-20)22(30)27-18-10-14-28(15-11-18)23-25-12-1-13-26-23/h1-9,12-13,18H,10-11,14-15H2,(H2,24,29)(H,27,30). The van der Waals surface area contributed by atoms with Crippen LogP contribution in [0.2, 0.25) is 0 Å². The van der Waals surface area contributed by atoms with E-state index >= 15 is 0 Å². The third-order valence-electron chi connectivity index (χ3n) is 5.16. The number of hydrogen-bond acceptors (Lipinski definition) is 6. The fourth-order valence-corrected chi connectivity index (χ4v) is 3.44. The molecular weight excluding hydrogens is 394 g/mol. The zero-order chi connectivity index (χ0) is 21.6. The van der Waals surface area contributed by atoms with Crippen LogP contribution >= 0.6 is 0 Å². The summed E-state index contributed by atoms with van der Waals surface area (Å²) in [5.74, 6) is 1.32. The van der Waals surface area contributed by atoms with Gasteiger partial charge in [0.15, 0.2) is 0 Å². The summed E-state index contributed by atoms with van der Waals surface area (Å²) in [6.45, 7) is 1.60. The first kappa shape index (κ1) is 20.3. The highest BCUT2D eigenvalue weighted by Gasteiger charge is 2.22. The van der Waals surface area contributed by atoms with Crippen LogP contribution in [0.4, 0.5) is 5.95 Å². The fourth-order valence-electron chi connectivity index (χ4n) is 3.44. The molecule has 1 saturated heterocycles. The molecule has 1 aromatic heterocycles. The molecule has 158 valence electrons. The Bertz CT molecular complexity index is 1030. The number of nitrogens with two attached hydrogens (primary N) is 1. The third kappa shape index (κ3) is 5.16. The number of aromatic nitrogens is 2. The number of nitrogens with zero attached hydrogens (tertiary/aromatic N) is 3. The Balaban J connectivity index is 1.29. The normalized spacial score (nSPS) is 14.1. The van der Waals surface area contributed by atoms with Gasteiger partial charge in [-0.2, -0.15) is 0 Å². The maximum Gasteiger partial charge on any atom is 0.251 e. The van der Waals surface area contributed by atoms with Crippen molar-refractivity contribution in [1.29, 1.82) is 0 Å². The van der Waals surface area contributed by atoms with Crippen LogP contribution in [0.1, 0.15) is 33.6 Å². The molecule has 8 nitrogen and oxygen atoms in total. The Hall–Kier alpha value is -3.94. The minimum absolute atomic E-state index is 0.105. The maximum atomic E-state index is 12.6. The predicted octanol–water partition coefficient (Wildman–Crippen LogP) is 2.77. The number of carbonyl (C=O) groups is 2. The van der Waals surface area contributed by atoms with Crippen LogP contribution in [0, 0.1) is 0 Å². The van der Waals surface area contributed by atoms with E-state index < -0.39 is 5.91 Å². The first-order valence-corrected chi connectivity index (χ1v) is 10.1. The second-order valence-corrected chi connectivity index (χ2v) is 7.30. The topological polar surface area (TPSA) is 110 Å². The second-order valence-electron chi connectivity index (χ2n) is 7.30. The van der Waals surface area contributed by atoms with Crippen LogP contribution < -0.4 is 20.7 Å². The zero-order valence-electron chi connectivity index (χ0n) is 16.9. The van der Waals surface area contributed by atoms with E-state index in [9.17, 15) is 9.59 Å². The van der Waals surface area contributed by atoms with E-state index in [1.807, 2.05) is 0 Å². The molecule has 3 aromatic rings. The SMILES string of the molecule is NC(=O)c1ccc(Oc2ccc(C(=O)NC3CCN(c4ncccn4)CC3)cc2)cc1. The van der Waals surface area contributed by atoms with E-state index in [1.54, 1.807) is 67.0 Å². The first-order valence-electron chi connectivity index (χ1n) is 10.1. The highest BCUT2D eigenvalue weighted by atomic mass is 16.5. The lowest BCUT2D eigenvalue weighted by atomic mass is 10.0. The van der Waals surface area contributed by atoms with E-state index in [0.717, 1.165) is 31.9 Å². The Labute approximate surface area is 180 Å². The monoisotopic (exact) mass is 417 g/mol. The van der Waals surface area contributed by atoms with E-state index in [2.05, 4.69) is 20.2 Å². The van der Waals surface area contributed by atoms with Crippen molar-refractivity contribution in [2.24, 2.45) is 5.73 Å². The Morgan fingerprint density at radius 1 is 0.903 bits per heavy atom. The smallest absolute Gasteiger partial charge is 0.251 e. The minimum atomic E-state index is -0.485.